The first-order valence-electron chi connectivity index (χ1n) is 13.2. The van der Waals surface area contributed by atoms with Gasteiger partial charge in [-0.3, -0.25) is 9.59 Å². The number of fused-ring (bicyclic) bond motifs is 3. The van der Waals surface area contributed by atoms with Crippen molar-refractivity contribution in [3.05, 3.63) is 70.6 Å². The maximum Gasteiger partial charge on any atom is 0.249 e. The number of aliphatic hydroxyl groups is 3. The van der Waals surface area contributed by atoms with Gasteiger partial charge in [0, 0.05) is 30.8 Å². The smallest absolute Gasteiger partial charge is 0.249 e. The van der Waals surface area contributed by atoms with E-state index in [9.17, 15) is 29.3 Å². The van der Waals surface area contributed by atoms with Crippen molar-refractivity contribution >= 4 is 11.8 Å². The first-order chi connectivity index (χ1) is 19.3. The summed E-state index contributed by atoms with van der Waals surface area (Å²) in [4.78, 5) is 28.1. The maximum atomic E-state index is 13.8. The van der Waals surface area contributed by atoms with Crippen molar-refractivity contribution in [3.8, 4) is 11.5 Å². The highest BCUT2D eigenvalue weighted by atomic mass is 19.1. The Morgan fingerprint density at radius 2 is 1.98 bits per heavy atom. The van der Waals surface area contributed by atoms with Gasteiger partial charge in [0.15, 0.2) is 11.5 Å². The normalized spacial score (nSPS) is 21.1. The van der Waals surface area contributed by atoms with Gasteiger partial charge in [0.25, 0.3) is 0 Å². The fraction of sp³-hybridized carbons (Fsp3) is 0.448. The molecule has 2 aromatic carbocycles. The number of carbonyl (C=O) groups excluding carboxylic acids is 2. The van der Waals surface area contributed by atoms with E-state index in [1.54, 1.807) is 37.3 Å². The number of carbonyl (C=O) groups is 2. The molecular formula is C29H35FN2O8. The van der Waals surface area contributed by atoms with E-state index >= 15 is 0 Å². The lowest BCUT2D eigenvalue weighted by atomic mass is 9.77. The molecule has 0 radical (unpaired) electrons. The SMILES string of the molecule is CCOCC(=O)N(CCc1cccc(F)c1)[C@@H]1C=C(C(=O)NCCO)[C@@H]2c3cc(CO)cc(OC)c3O[C@@H]2[C@H]1O. The van der Waals surface area contributed by atoms with Crippen LogP contribution in [0.5, 0.6) is 11.5 Å². The summed E-state index contributed by atoms with van der Waals surface area (Å²) in [5.41, 5.74) is 2.00. The largest absolute Gasteiger partial charge is 0.493 e. The summed E-state index contributed by atoms with van der Waals surface area (Å²) in [6.07, 6.45) is -0.377. The Kier molecular flexibility index (Phi) is 9.75. The zero-order valence-electron chi connectivity index (χ0n) is 22.5. The highest BCUT2D eigenvalue weighted by Crippen LogP contribution is 2.51. The second-order valence-electron chi connectivity index (χ2n) is 9.62. The van der Waals surface area contributed by atoms with E-state index < -0.39 is 41.8 Å². The number of benzene rings is 2. The minimum atomic E-state index is -1.26. The van der Waals surface area contributed by atoms with Gasteiger partial charge >= 0.3 is 0 Å². The second-order valence-corrected chi connectivity index (χ2v) is 9.62. The number of halogens is 1. The average molecular weight is 559 g/mol. The number of rotatable bonds is 12. The summed E-state index contributed by atoms with van der Waals surface area (Å²) < 4.78 is 30.9. The molecule has 0 spiro atoms. The second kappa shape index (κ2) is 13.2. The Hall–Kier alpha value is -3.51. The molecule has 4 atom stereocenters. The van der Waals surface area contributed by atoms with Crippen molar-refractivity contribution in [2.45, 2.75) is 44.1 Å². The van der Waals surface area contributed by atoms with Gasteiger partial charge in [0.2, 0.25) is 11.8 Å². The van der Waals surface area contributed by atoms with Crippen LogP contribution in [0.15, 0.2) is 48.0 Å². The van der Waals surface area contributed by atoms with Crippen molar-refractivity contribution in [3.63, 3.8) is 0 Å². The lowest BCUT2D eigenvalue weighted by Crippen LogP contribution is -2.56. The molecule has 1 heterocycles. The van der Waals surface area contributed by atoms with E-state index in [1.165, 1.54) is 24.1 Å². The summed E-state index contributed by atoms with van der Waals surface area (Å²) in [7, 11) is 1.45. The fourth-order valence-electron chi connectivity index (χ4n) is 5.27. The minimum Gasteiger partial charge on any atom is -0.493 e. The van der Waals surface area contributed by atoms with E-state index in [2.05, 4.69) is 5.32 Å². The van der Waals surface area contributed by atoms with Crippen LogP contribution in [0.4, 0.5) is 4.39 Å². The zero-order chi connectivity index (χ0) is 28.8. The molecule has 10 nitrogen and oxygen atoms in total. The number of hydrogen-bond donors (Lipinski definition) is 4. The van der Waals surface area contributed by atoms with Crippen molar-refractivity contribution in [2.24, 2.45) is 0 Å². The van der Waals surface area contributed by atoms with E-state index in [-0.39, 0.29) is 38.5 Å². The first kappa shape index (κ1) is 29.5. The molecule has 2 aliphatic rings. The van der Waals surface area contributed by atoms with Gasteiger partial charge in [-0.05, 0) is 54.8 Å². The number of aliphatic hydroxyl groups excluding tert-OH is 3. The third-order valence-corrected chi connectivity index (χ3v) is 7.14. The van der Waals surface area contributed by atoms with Gasteiger partial charge in [0.05, 0.1) is 32.3 Å². The lowest BCUT2D eigenvalue weighted by Gasteiger charge is -2.40. The van der Waals surface area contributed by atoms with Gasteiger partial charge in [0.1, 0.15) is 24.6 Å². The van der Waals surface area contributed by atoms with Gasteiger partial charge in [-0.25, -0.2) is 4.39 Å². The predicted molar refractivity (Wildman–Crippen MR) is 142 cm³/mol. The highest BCUT2D eigenvalue weighted by Gasteiger charge is 2.51. The fourth-order valence-corrected chi connectivity index (χ4v) is 5.27. The number of nitrogens with zero attached hydrogens (tertiary/aromatic N) is 1. The Labute approximate surface area is 232 Å². The summed E-state index contributed by atoms with van der Waals surface area (Å²) >= 11 is 0. The molecule has 216 valence electrons. The molecule has 0 aromatic heterocycles. The molecule has 4 N–H and O–H groups in total. The monoisotopic (exact) mass is 558 g/mol. The Balaban J connectivity index is 1.76. The summed E-state index contributed by atoms with van der Waals surface area (Å²) in [5.74, 6) is -1.36. The summed E-state index contributed by atoms with van der Waals surface area (Å²) in [5, 5.41) is 33.4. The average Bonchev–Trinajstić information content (AvgIpc) is 3.35. The van der Waals surface area contributed by atoms with E-state index in [0.29, 0.717) is 41.2 Å². The van der Waals surface area contributed by atoms with E-state index in [0.717, 1.165) is 0 Å². The zero-order valence-corrected chi connectivity index (χ0v) is 22.5. The van der Waals surface area contributed by atoms with Crippen LogP contribution >= 0.6 is 0 Å². The standard InChI is InChI=1S/C29H35FN2O8/c1-3-39-16-24(35)32(9-7-17-5-4-6-19(30)11-17)22-14-21(29(37)31-8-10-33)25-20-12-18(15-34)13-23(38-2)27(20)40-28(25)26(22)36/h4-6,11-14,22,25-26,28,33-34,36H,3,7-10,15-16H2,1-2H3,(H,31,37)/t22-,25+,26+,28+/m1/s1. The Morgan fingerprint density at radius 1 is 1.18 bits per heavy atom. The lowest BCUT2D eigenvalue weighted by molar-refractivity contribution is -0.141. The molecule has 40 heavy (non-hydrogen) atoms. The van der Waals surface area contributed by atoms with E-state index in [4.69, 9.17) is 14.2 Å². The number of ether oxygens (including phenoxy) is 3. The van der Waals surface area contributed by atoms with Crippen LogP contribution in [0.2, 0.25) is 0 Å². The van der Waals surface area contributed by atoms with Gasteiger partial charge < -0.3 is 39.7 Å². The van der Waals surface area contributed by atoms with Crippen molar-refractivity contribution in [1.29, 1.82) is 0 Å². The molecule has 0 unspecified atom stereocenters. The quantitative estimate of drug-likeness (QED) is 0.304. The summed E-state index contributed by atoms with van der Waals surface area (Å²) in [6.45, 7) is 1.38. The minimum absolute atomic E-state index is 0.00104. The van der Waals surface area contributed by atoms with Crippen molar-refractivity contribution < 1.29 is 43.5 Å². The maximum absolute atomic E-state index is 13.8. The van der Waals surface area contributed by atoms with Crippen LogP contribution in [-0.2, 0) is 27.4 Å². The van der Waals surface area contributed by atoms with Gasteiger partial charge in [-0.1, -0.05) is 12.1 Å². The molecule has 2 aromatic rings. The third kappa shape index (κ3) is 6.12. The number of methoxy groups -OCH3 is 1. The topological polar surface area (TPSA) is 138 Å². The Morgan fingerprint density at radius 3 is 2.65 bits per heavy atom. The molecule has 4 rings (SSSR count). The number of hydrogen-bond acceptors (Lipinski definition) is 8. The molecule has 0 saturated carbocycles. The van der Waals surface area contributed by atoms with Crippen LogP contribution in [0.25, 0.3) is 0 Å². The van der Waals surface area contributed by atoms with Crippen molar-refractivity contribution in [1.82, 2.24) is 10.2 Å². The molecule has 0 fully saturated rings. The van der Waals surface area contributed by atoms with Crippen LogP contribution in [0.1, 0.15) is 29.5 Å². The number of nitrogens with one attached hydrogen (secondary N) is 1. The van der Waals surface area contributed by atoms with Gasteiger partial charge in [-0.15, -0.1) is 0 Å². The third-order valence-electron chi connectivity index (χ3n) is 7.14. The van der Waals surface area contributed by atoms with Crippen LogP contribution in [0.3, 0.4) is 0 Å². The molecule has 2 amide bonds. The Bertz CT molecular complexity index is 1250. The molecule has 1 aliphatic heterocycles. The summed E-state index contributed by atoms with van der Waals surface area (Å²) in [6, 6.07) is 8.37. The highest BCUT2D eigenvalue weighted by molar-refractivity contribution is 5.96. The molecule has 11 heteroatoms. The van der Waals surface area contributed by atoms with Crippen molar-refractivity contribution in [2.75, 3.05) is 40.0 Å². The number of amides is 2. The first-order valence-corrected chi connectivity index (χ1v) is 13.2. The molecule has 0 bridgehead atoms. The van der Waals surface area contributed by atoms with Gasteiger partial charge in [-0.2, -0.15) is 0 Å². The van der Waals surface area contributed by atoms with Crippen LogP contribution < -0.4 is 14.8 Å². The predicted octanol–water partition coefficient (Wildman–Crippen LogP) is 1.06. The molecule has 1 aliphatic carbocycles. The molecular weight excluding hydrogens is 523 g/mol. The molecule has 0 saturated heterocycles. The van der Waals surface area contributed by atoms with Crippen LogP contribution in [0, 0.1) is 5.82 Å². The van der Waals surface area contributed by atoms with Crippen LogP contribution in [-0.4, -0.2) is 90.3 Å². The van der Waals surface area contributed by atoms with E-state index in [1.807, 2.05) is 0 Å².